The molecule has 3 aromatic rings. The van der Waals surface area contributed by atoms with Gasteiger partial charge in [-0.1, -0.05) is 30.3 Å². The van der Waals surface area contributed by atoms with Gasteiger partial charge in [-0.15, -0.1) is 0 Å². The van der Waals surface area contributed by atoms with Gasteiger partial charge in [0, 0.05) is 11.9 Å². The van der Waals surface area contributed by atoms with E-state index < -0.39 is 17.3 Å². The fourth-order valence-electron chi connectivity index (χ4n) is 2.42. The Morgan fingerprint density at radius 3 is 2.29 bits per heavy atom. The Bertz CT molecular complexity index is 931. The van der Waals surface area contributed by atoms with Crippen molar-refractivity contribution in [2.24, 2.45) is 0 Å². The van der Waals surface area contributed by atoms with E-state index in [9.17, 15) is 14.0 Å². The third-order valence-electron chi connectivity index (χ3n) is 3.63. The van der Waals surface area contributed by atoms with Gasteiger partial charge in [0.15, 0.2) is 0 Å². The quantitative estimate of drug-likeness (QED) is 0.694. The molecule has 0 saturated carbocycles. The van der Waals surface area contributed by atoms with Gasteiger partial charge in [-0.3, -0.25) is 9.36 Å². The maximum atomic E-state index is 13.1. The molecule has 0 amide bonds. The fraction of sp³-hybridized carbons (Fsp3) is 0.0526. The highest BCUT2D eigenvalue weighted by Gasteiger charge is 2.16. The maximum absolute atomic E-state index is 13.1. The second kappa shape index (κ2) is 6.50. The van der Waals surface area contributed by atoms with Gasteiger partial charge in [0.25, 0.3) is 5.56 Å². The number of carbonyl (C=O) groups excluding carboxylic acids is 1. The molecule has 120 valence electrons. The number of benzene rings is 2. The third kappa shape index (κ3) is 2.96. The van der Waals surface area contributed by atoms with E-state index in [4.69, 9.17) is 4.74 Å². The number of nitrogens with zero attached hydrogens (tertiary/aromatic N) is 1. The predicted octanol–water partition coefficient (Wildman–Crippen LogP) is 3.43. The second-order valence-corrected chi connectivity index (χ2v) is 5.15. The topological polar surface area (TPSA) is 48.3 Å². The first-order chi connectivity index (χ1) is 11.6. The molecule has 0 N–H and O–H groups in total. The third-order valence-corrected chi connectivity index (χ3v) is 3.63. The molecule has 4 nitrogen and oxygen atoms in total. The monoisotopic (exact) mass is 323 g/mol. The van der Waals surface area contributed by atoms with Gasteiger partial charge in [0.2, 0.25) is 0 Å². The summed E-state index contributed by atoms with van der Waals surface area (Å²) in [7, 11) is 1.22. The molecule has 0 spiro atoms. The Morgan fingerprint density at radius 2 is 1.67 bits per heavy atom. The fourth-order valence-corrected chi connectivity index (χ4v) is 2.42. The van der Waals surface area contributed by atoms with Crippen molar-refractivity contribution in [3.63, 3.8) is 0 Å². The number of aromatic nitrogens is 1. The first-order valence-electron chi connectivity index (χ1n) is 7.26. The van der Waals surface area contributed by atoms with Crippen molar-refractivity contribution < 1.29 is 13.9 Å². The zero-order valence-corrected chi connectivity index (χ0v) is 12.9. The number of halogens is 1. The van der Waals surface area contributed by atoms with Gasteiger partial charge in [-0.2, -0.15) is 0 Å². The number of methoxy groups -OCH3 is 1. The highest BCUT2D eigenvalue weighted by atomic mass is 19.1. The number of pyridine rings is 1. The van der Waals surface area contributed by atoms with Crippen LogP contribution in [-0.4, -0.2) is 17.6 Å². The van der Waals surface area contributed by atoms with Crippen LogP contribution >= 0.6 is 0 Å². The summed E-state index contributed by atoms with van der Waals surface area (Å²) in [4.78, 5) is 24.6. The summed E-state index contributed by atoms with van der Waals surface area (Å²) in [6.45, 7) is 0. The molecule has 2 aromatic carbocycles. The zero-order valence-electron chi connectivity index (χ0n) is 12.9. The molecular formula is C19H14FNO3. The Balaban J connectivity index is 2.26. The number of esters is 1. The molecule has 24 heavy (non-hydrogen) atoms. The molecule has 1 heterocycles. The second-order valence-electron chi connectivity index (χ2n) is 5.15. The zero-order chi connectivity index (χ0) is 17.1. The lowest BCUT2D eigenvalue weighted by Gasteiger charge is -2.11. The number of hydrogen-bond acceptors (Lipinski definition) is 3. The minimum Gasteiger partial charge on any atom is -0.465 e. The standard InChI is InChI=1S/C19H14FNO3/c1-24-19(23)17-11-14(13-5-3-2-4-6-13)12-21(18(17)22)16-9-7-15(20)8-10-16/h2-12H,1H3. The Hall–Kier alpha value is -3.21. The highest BCUT2D eigenvalue weighted by molar-refractivity contribution is 5.90. The average Bonchev–Trinajstić information content (AvgIpc) is 2.63. The van der Waals surface area contributed by atoms with Crippen molar-refractivity contribution in [1.29, 1.82) is 0 Å². The smallest absolute Gasteiger partial charge is 0.343 e. The van der Waals surface area contributed by atoms with Crippen LogP contribution in [0.1, 0.15) is 10.4 Å². The molecule has 0 bridgehead atoms. The average molecular weight is 323 g/mol. The number of hydrogen-bond donors (Lipinski definition) is 0. The van der Waals surface area contributed by atoms with Crippen molar-refractivity contribution >= 4 is 5.97 Å². The van der Waals surface area contributed by atoms with Crippen LogP contribution in [0.25, 0.3) is 16.8 Å². The Labute approximate surface area is 137 Å². The summed E-state index contributed by atoms with van der Waals surface area (Å²) < 4.78 is 19.2. The molecule has 5 heteroatoms. The molecule has 3 rings (SSSR count). The van der Waals surface area contributed by atoms with Gasteiger partial charge >= 0.3 is 5.97 Å². The first-order valence-corrected chi connectivity index (χ1v) is 7.26. The van der Waals surface area contributed by atoms with Gasteiger partial charge in [-0.05, 0) is 41.5 Å². The van der Waals surface area contributed by atoms with Crippen molar-refractivity contribution in [3.05, 3.63) is 88.6 Å². The van der Waals surface area contributed by atoms with Crippen molar-refractivity contribution in [2.75, 3.05) is 7.11 Å². The van der Waals surface area contributed by atoms with Crippen LogP contribution in [0.4, 0.5) is 4.39 Å². The minimum absolute atomic E-state index is 0.0804. The van der Waals surface area contributed by atoms with E-state index in [2.05, 4.69) is 0 Å². The van der Waals surface area contributed by atoms with Gasteiger partial charge in [0.05, 0.1) is 7.11 Å². The summed E-state index contributed by atoms with van der Waals surface area (Å²) in [5.41, 5.74) is 1.39. The molecule has 0 radical (unpaired) electrons. The summed E-state index contributed by atoms with van der Waals surface area (Å²) in [5, 5.41) is 0. The number of ether oxygens (including phenoxy) is 1. The van der Waals surface area contributed by atoms with Gasteiger partial charge < -0.3 is 4.74 Å². The Morgan fingerprint density at radius 1 is 1.00 bits per heavy atom. The lowest BCUT2D eigenvalue weighted by atomic mass is 10.1. The summed E-state index contributed by atoms with van der Waals surface area (Å²) >= 11 is 0. The molecular weight excluding hydrogens is 309 g/mol. The van der Waals surface area contributed by atoms with Crippen LogP contribution in [0.5, 0.6) is 0 Å². The van der Waals surface area contributed by atoms with Crippen molar-refractivity contribution in [1.82, 2.24) is 4.57 Å². The number of carbonyl (C=O) groups is 1. The normalized spacial score (nSPS) is 10.4. The van der Waals surface area contributed by atoms with Crippen LogP contribution in [0.15, 0.2) is 71.7 Å². The van der Waals surface area contributed by atoms with Crippen LogP contribution in [0, 0.1) is 5.82 Å². The Kier molecular flexibility index (Phi) is 4.24. The first kappa shape index (κ1) is 15.7. The van der Waals surface area contributed by atoms with Crippen molar-refractivity contribution in [3.8, 4) is 16.8 Å². The van der Waals surface area contributed by atoms with E-state index in [0.29, 0.717) is 11.3 Å². The molecule has 0 fully saturated rings. The molecule has 0 atom stereocenters. The summed E-state index contributed by atoms with van der Waals surface area (Å²) in [5.74, 6) is -1.12. The van der Waals surface area contributed by atoms with E-state index in [0.717, 1.165) is 5.56 Å². The van der Waals surface area contributed by atoms with Crippen molar-refractivity contribution in [2.45, 2.75) is 0 Å². The van der Waals surface area contributed by atoms with Crippen LogP contribution in [0.2, 0.25) is 0 Å². The van der Waals surface area contributed by atoms with Crippen LogP contribution in [-0.2, 0) is 4.74 Å². The SMILES string of the molecule is COC(=O)c1cc(-c2ccccc2)cn(-c2ccc(F)cc2)c1=O. The van der Waals surface area contributed by atoms with E-state index in [-0.39, 0.29) is 5.56 Å². The maximum Gasteiger partial charge on any atom is 0.343 e. The number of rotatable bonds is 3. The molecule has 0 unspecified atom stereocenters. The molecule has 0 aliphatic rings. The van der Waals surface area contributed by atoms with Crippen LogP contribution in [0.3, 0.4) is 0 Å². The van der Waals surface area contributed by atoms with E-state index >= 15 is 0 Å². The molecule has 1 aromatic heterocycles. The van der Waals surface area contributed by atoms with E-state index in [1.54, 1.807) is 6.20 Å². The van der Waals surface area contributed by atoms with Gasteiger partial charge in [0.1, 0.15) is 11.4 Å². The highest BCUT2D eigenvalue weighted by Crippen LogP contribution is 2.20. The van der Waals surface area contributed by atoms with E-state index in [1.807, 2.05) is 30.3 Å². The molecule has 0 aliphatic carbocycles. The van der Waals surface area contributed by atoms with Gasteiger partial charge in [-0.25, -0.2) is 9.18 Å². The summed E-state index contributed by atoms with van der Waals surface area (Å²) in [6.07, 6.45) is 1.62. The largest absolute Gasteiger partial charge is 0.465 e. The molecule has 0 saturated heterocycles. The van der Waals surface area contributed by atoms with E-state index in [1.165, 1.54) is 42.0 Å². The van der Waals surface area contributed by atoms with Crippen LogP contribution < -0.4 is 5.56 Å². The summed E-state index contributed by atoms with van der Waals surface area (Å²) in [6, 6.07) is 16.3. The lowest BCUT2D eigenvalue weighted by molar-refractivity contribution is 0.0598. The minimum atomic E-state index is -0.714. The predicted molar refractivity (Wildman–Crippen MR) is 88.8 cm³/mol. The molecule has 0 aliphatic heterocycles. The lowest BCUT2D eigenvalue weighted by Crippen LogP contribution is -2.25.